The van der Waals surface area contributed by atoms with E-state index in [1.165, 1.54) is 7.11 Å². The average Bonchev–Trinajstić information content (AvgIpc) is 2.46. The molecule has 0 saturated carbocycles. The van der Waals surface area contributed by atoms with Gasteiger partial charge >= 0.3 is 5.97 Å². The molecular formula is C13H19N3O2. The Hall–Kier alpha value is -1.59. The average molecular weight is 249 g/mol. The van der Waals surface area contributed by atoms with Gasteiger partial charge in [0.05, 0.1) is 12.7 Å². The van der Waals surface area contributed by atoms with E-state index in [2.05, 4.69) is 10.2 Å². The van der Waals surface area contributed by atoms with Crippen LogP contribution in [0.15, 0.2) is 18.2 Å². The number of piperazine rings is 1. The topological polar surface area (TPSA) is 67.6 Å². The van der Waals surface area contributed by atoms with Crippen molar-refractivity contribution < 1.29 is 9.53 Å². The standard InChI is InChI=1S/C13H19N3O2/c1-18-13(17)10-2-3-12(11(8-10)9-14)16-6-4-15-5-7-16/h2-3,8,15H,4-7,9,14H2,1H3. The highest BCUT2D eigenvalue weighted by atomic mass is 16.5. The molecular weight excluding hydrogens is 230 g/mol. The molecule has 0 atom stereocenters. The van der Waals surface area contributed by atoms with Crippen LogP contribution < -0.4 is 16.0 Å². The van der Waals surface area contributed by atoms with Crippen molar-refractivity contribution >= 4 is 11.7 Å². The van der Waals surface area contributed by atoms with Crippen LogP contribution in [0.25, 0.3) is 0 Å². The Labute approximate surface area is 107 Å². The van der Waals surface area contributed by atoms with E-state index < -0.39 is 0 Å². The van der Waals surface area contributed by atoms with Gasteiger partial charge in [-0.15, -0.1) is 0 Å². The van der Waals surface area contributed by atoms with Gasteiger partial charge in [-0.3, -0.25) is 0 Å². The first-order valence-corrected chi connectivity index (χ1v) is 6.13. The zero-order valence-electron chi connectivity index (χ0n) is 10.6. The lowest BCUT2D eigenvalue weighted by atomic mass is 10.1. The van der Waals surface area contributed by atoms with Gasteiger partial charge in [0.25, 0.3) is 0 Å². The molecule has 1 aliphatic rings. The fraction of sp³-hybridized carbons (Fsp3) is 0.462. The molecule has 3 N–H and O–H groups in total. The maximum atomic E-state index is 11.5. The summed E-state index contributed by atoms with van der Waals surface area (Å²) >= 11 is 0. The first kappa shape index (κ1) is 12.9. The molecule has 0 radical (unpaired) electrons. The summed E-state index contributed by atoms with van der Waals surface area (Å²) in [6.45, 7) is 4.30. The minimum Gasteiger partial charge on any atom is -0.465 e. The maximum Gasteiger partial charge on any atom is 0.337 e. The van der Waals surface area contributed by atoms with Crippen LogP contribution in [0.3, 0.4) is 0 Å². The molecule has 1 saturated heterocycles. The van der Waals surface area contributed by atoms with Gasteiger partial charge in [-0.05, 0) is 23.8 Å². The predicted octanol–water partition coefficient (Wildman–Crippen LogP) is 0.342. The van der Waals surface area contributed by atoms with Crippen LogP contribution >= 0.6 is 0 Å². The zero-order chi connectivity index (χ0) is 13.0. The Morgan fingerprint density at radius 2 is 2.17 bits per heavy atom. The number of hydrogen-bond donors (Lipinski definition) is 2. The molecule has 18 heavy (non-hydrogen) atoms. The van der Waals surface area contributed by atoms with Crippen molar-refractivity contribution in [1.82, 2.24) is 5.32 Å². The van der Waals surface area contributed by atoms with E-state index in [1.807, 2.05) is 12.1 Å². The Bertz CT molecular complexity index is 428. The molecule has 0 unspecified atom stereocenters. The lowest BCUT2D eigenvalue weighted by Gasteiger charge is -2.31. The molecule has 1 aromatic carbocycles. The van der Waals surface area contributed by atoms with E-state index in [4.69, 9.17) is 10.5 Å². The lowest BCUT2D eigenvalue weighted by Crippen LogP contribution is -2.44. The highest BCUT2D eigenvalue weighted by Crippen LogP contribution is 2.22. The summed E-state index contributed by atoms with van der Waals surface area (Å²) in [6, 6.07) is 5.57. The van der Waals surface area contributed by atoms with Crippen LogP contribution in [-0.2, 0) is 11.3 Å². The summed E-state index contributed by atoms with van der Waals surface area (Å²) in [6.07, 6.45) is 0. The largest absolute Gasteiger partial charge is 0.465 e. The third kappa shape index (κ3) is 2.63. The minimum absolute atomic E-state index is 0.323. The summed E-state index contributed by atoms with van der Waals surface area (Å²) in [5.41, 5.74) is 8.43. The number of esters is 1. The molecule has 5 nitrogen and oxygen atoms in total. The van der Waals surface area contributed by atoms with Crippen LogP contribution in [0.4, 0.5) is 5.69 Å². The summed E-state index contributed by atoms with van der Waals surface area (Å²) in [4.78, 5) is 13.8. The van der Waals surface area contributed by atoms with Crippen LogP contribution in [-0.4, -0.2) is 39.3 Å². The zero-order valence-corrected chi connectivity index (χ0v) is 10.6. The van der Waals surface area contributed by atoms with Crippen molar-refractivity contribution in [3.05, 3.63) is 29.3 Å². The van der Waals surface area contributed by atoms with Gasteiger partial charge in [0.2, 0.25) is 0 Å². The second-order valence-corrected chi connectivity index (χ2v) is 4.28. The second-order valence-electron chi connectivity index (χ2n) is 4.28. The van der Waals surface area contributed by atoms with E-state index in [0.29, 0.717) is 12.1 Å². The van der Waals surface area contributed by atoms with Crippen LogP contribution in [0.1, 0.15) is 15.9 Å². The predicted molar refractivity (Wildman–Crippen MR) is 70.8 cm³/mol. The maximum absolute atomic E-state index is 11.5. The summed E-state index contributed by atoms with van der Waals surface area (Å²) in [5.74, 6) is -0.323. The number of ether oxygens (including phenoxy) is 1. The van der Waals surface area contributed by atoms with Crippen molar-refractivity contribution in [1.29, 1.82) is 0 Å². The van der Waals surface area contributed by atoms with Crippen molar-refractivity contribution in [3.63, 3.8) is 0 Å². The monoisotopic (exact) mass is 249 g/mol. The number of nitrogens with one attached hydrogen (secondary N) is 1. The molecule has 1 heterocycles. The SMILES string of the molecule is COC(=O)c1ccc(N2CCNCC2)c(CN)c1. The van der Waals surface area contributed by atoms with Gasteiger partial charge in [0.1, 0.15) is 0 Å². The van der Waals surface area contributed by atoms with E-state index >= 15 is 0 Å². The van der Waals surface area contributed by atoms with Gasteiger partial charge < -0.3 is 20.7 Å². The van der Waals surface area contributed by atoms with E-state index in [1.54, 1.807) is 6.07 Å². The summed E-state index contributed by atoms with van der Waals surface area (Å²) < 4.78 is 4.72. The van der Waals surface area contributed by atoms with Crippen molar-refractivity contribution in [2.45, 2.75) is 6.54 Å². The molecule has 0 spiro atoms. The first-order chi connectivity index (χ1) is 8.76. The van der Waals surface area contributed by atoms with E-state index in [0.717, 1.165) is 37.4 Å². The molecule has 0 amide bonds. The van der Waals surface area contributed by atoms with Crippen LogP contribution in [0.5, 0.6) is 0 Å². The van der Waals surface area contributed by atoms with Gasteiger partial charge in [0, 0.05) is 38.4 Å². The number of nitrogens with zero attached hydrogens (tertiary/aromatic N) is 1. The second kappa shape index (κ2) is 5.84. The fourth-order valence-corrected chi connectivity index (χ4v) is 2.21. The van der Waals surface area contributed by atoms with Crippen molar-refractivity contribution in [3.8, 4) is 0 Å². The van der Waals surface area contributed by atoms with E-state index in [9.17, 15) is 4.79 Å². The fourth-order valence-electron chi connectivity index (χ4n) is 2.21. The Kier molecular flexibility index (Phi) is 4.17. The van der Waals surface area contributed by atoms with Crippen LogP contribution in [0, 0.1) is 0 Å². The van der Waals surface area contributed by atoms with Gasteiger partial charge in [-0.1, -0.05) is 0 Å². The number of benzene rings is 1. The summed E-state index contributed by atoms with van der Waals surface area (Å²) in [5, 5.41) is 3.31. The molecule has 2 rings (SSSR count). The number of anilines is 1. The number of methoxy groups -OCH3 is 1. The molecule has 0 aliphatic carbocycles. The molecule has 0 bridgehead atoms. The molecule has 0 aromatic heterocycles. The highest BCUT2D eigenvalue weighted by molar-refractivity contribution is 5.90. The smallest absolute Gasteiger partial charge is 0.337 e. The molecule has 1 aliphatic heterocycles. The van der Waals surface area contributed by atoms with Gasteiger partial charge in [-0.2, -0.15) is 0 Å². The first-order valence-electron chi connectivity index (χ1n) is 6.13. The normalized spacial score (nSPS) is 15.6. The van der Waals surface area contributed by atoms with Crippen molar-refractivity contribution in [2.24, 2.45) is 5.73 Å². The third-order valence-corrected chi connectivity index (χ3v) is 3.18. The number of carbonyl (C=O) groups excluding carboxylic acids is 1. The van der Waals surface area contributed by atoms with E-state index in [-0.39, 0.29) is 5.97 Å². The molecule has 1 aromatic rings. The molecule has 5 heteroatoms. The Morgan fingerprint density at radius 1 is 1.44 bits per heavy atom. The Balaban J connectivity index is 2.27. The lowest BCUT2D eigenvalue weighted by molar-refractivity contribution is 0.0600. The van der Waals surface area contributed by atoms with Gasteiger partial charge in [0.15, 0.2) is 0 Å². The number of carbonyl (C=O) groups is 1. The number of rotatable bonds is 3. The molecule has 98 valence electrons. The van der Waals surface area contributed by atoms with Crippen LogP contribution in [0.2, 0.25) is 0 Å². The van der Waals surface area contributed by atoms with Crippen molar-refractivity contribution in [2.75, 3.05) is 38.2 Å². The Morgan fingerprint density at radius 3 is 2.78 bits per heavy atom. The highest BCUT2D eigenvalue weighted by Gasteiger charge is 2.15. The third-order valence-electron chi connectivity index (χ3n) is 3.18. The minimum atomic E-state index is -0.323. The number of hydrogen-bond acceptors (Lipinski definition) is 5. The molecule has 1 fully saturated rings. The quantitative estimate of drug-likeness (QED) is 0.756. The van der Waals surface area contributed by atoms with Gasteiger partial charge in [-0.25, -0.2) is 4.79 Å². The number of nitrogens with two attached hydrogens (primary N) is 1. The summed E-state index contributed by atoms with van der Waals surface area (Å²) in [7, 11) is 1.38.